The molecule has 0 atom stereocenters. The Labute approximate surface area is 121 Å². The number of aromatic amines is 1. The molecule has 0 saturated heterocycles. The first-order chi connectivity index (χ1) is 10.2. The summed E-state index contributed by atoms with van der Waals surface area (Å²) < 4.78 is 5.22. The molecule has 1 heterocycles. The van der Waals surface area contributed by atoms with Gasteiger partial charge in [0.1, 0.15) is 5.75 Å². The number of nitrogens with two attached hydrogens (primary N) is 1. The molecule has 2 aromatic carbocycles. The van der Waals surface area contributed by atoms with Crippen LogP contribution in [0.25, 0.3) is 10.8 Å². The van der Waals surface area contributed by atoms with Gasteiger partial charge in [0, 0.05) is 17.5 Å². The highest BCUT2D eigenvalue weighted by Crippen LogP contribution is 2.20. The highest BCUT2D eigenvalue weighted by molar-refractivity contribution is 5.86. The summed E-state index contributed by atoms with van der Waals surface area (Å²) >= 11 is 0. The highest BCUT2D eigenvalue weighted by atomic mass is 16.5. The molecule has 0 radical (unpaired) electrons. The van der Waals surface area contributed by atoms with Crippen LogP contribution >= 0.6 is 0 Å². The largest absolute Gasteiger partial charge is 0.497 e. The topological polar surface area (TPSA) is 81.0 Å². The van der Waals surface area contributed by atoms with Crippen LogP contribution in [0.15, 0.2) is 47.3 Å². The number of ether oxygens (including phenoxy) is 1. The number of rotatable bonds is 3. The maximum atomic E-state index is 11.8. The predicted molar refractivity (Wildman–Crippen MR) is 82.6 cm³/mol. The number of nitrogens with zero attached hydrogens (tertiary/aromatic N) is 1. The maximum absolute atomic E-state index is 11.8. The fourth-order valence-corrected chi connectivity index (χ4v) is 2.35. The van der Waals surface area contributed by atoms with E-state index in [1.807, 2.05) is 30.3 Å². The minimum atomic E-state index is -0.230. The maximum Gasteiger partial charge on any atom is 0.272 e. The Morgan fingerprint density at radius 3 is 2.86 bits per heavy atom. The van der Waals surface area contributed by atoms with Crippen LogP contribution in [0.3, 0.4) is 0 Å². The first-order valence-corrected chi connectivity index (χ1v) is 6.57. The highest BCUT2D eigenvalue weighted by Gasteiger charge is 2.08. The lowest BCUT2D eigenvalue weighted by Crippen LogP contribution is -2.11. The molecule has 3 aromatic rings. The zero-order valence-corrected chi connectivity index (χ0v) is 11.6. The summed E-state index contributed by atoms with van der Waals surface area (Å²) in [5.41, 5.74) is 7.94. The summed E-state index contributed by atoms with van der Waals surface area (Å²) in [7, 11) is 1.63. The van der Waals surface area contributed by atoms with Gasteiger partial charge in [-0.3, -0.25) is 4.79 Å². The van der Waals surface area contributed by atoms with Crippen molar-refractivity contribution in [2.75, 3.05) is 12.8 Å². The molecule has 0 aliphatic rings. The lowest BCUT2D eigenvalue weighted by atomic mass is 10.0. The van der Waals surface area contributed by atoms with Gasteiger partial charge in [0.15, 0.2) is 0 Å². The Morgan fingerprint density at radius 2 is 2.05 bits per heavy atom. The number of fused-ring (bicyclic) bond motifs is 1. The van der Waals surface area contributed by atoms with Crippen LogP contribution in [0.1, 0.15) is 11.3 Å². The van der Waals surface area contributed by atoms with Crippen LogP contribution in [-0.4, -0.2) is 17.3 Å². The Balaban J connectivity index is 2.08. The first-order valence-electron chi connectivity index (χ1n) is 6.57. The molecule has 0 spiro atoms. The van der Waals surface area contributed by atoms with E-state index in [4.69, 9.17) is 10.5 Å². The number of aromatic nitrogens is 2. The summed E-state index contributed by atoms with van der Waals surface area (Å²) in [6, 6.07) is 13.1. The second-order valence-corrected chi connectivity index (χ2v) is 4.83. The van der Waals surface area contributed by atoms with Crippen molar-refractivity contribution in [1.29, 1.82) is 0 Å². The number of nitrogens with one attached hydrogen (secondary N) is 1. The fraction of sp³-hybridized carbons (Fsp3) is 0.125. The molecule has 0 aliphatic heterocycles. The van der Waals surface area contributed by atoms with Gasteiger partial charge in [-0.2, -0.15) is 5.10 Å². The molecular weight excluding hydrogens is 266 g/mol. The van der Waals surface area contributed by atoms with E-state index in [0.29, 0.717) is 17.5 Å². The molecule has 0 unspecified atom stereocenters. The van der Waals surface area contributed by atoms with Crippen LogP contribution in [0, 0.1) is 0 Å². The van der Waals surface area contributed by atoms with Crippen LogP contribution in [0.4, 0.5) is 5.69 Å². The lowest BCUT2D eigenvalue weighted by Gasteiger charge is -2.07. The minimum Gasteiger partial charge on any atom is -0.497 e. The number of hydrogen-bond acceptors (Lipinski definition) is 4. The lowest BCUT2D eigenvalue weighted by molar-refractivity contribution is 0.414. The monoisotopic (exact) mass is 281 g/mol. The van der Waals surface area contributed by atoms with E-state index in [2.05, 4.69) is 10.2 Å². The zero-order valence-electron chi connectivity index (χ0n) is 11.6. The van der Waals surface area contributed by atoms with Gasteiger partial charge in [-0.25, -0.2) is 5.10 Å². The quantitative estimate of drug-likeness (QED) is 0.720. The molecule has 0 amide bonds. The summed E-state index contributed by atoms with van der Waals surface area (Å²) in [4.78, 5) is 11.8. The minimum absolute atomic E-state index is 0.230. The van der Waals surface area contributed by atoms with Crippen molar-refractivity contribution in [2.45, 2.75) is 6.42 Å². The van der Waals surface area contributed by atoms with Gasteiger partial charge in [-0.15, -0.1) is 0 Å². The second kappa shape index (κ2) is 5.28. The number of H-pyrrole nitrogens is 1. The summed E-state index contributed by atoms with van der Waals surface area (Å²) in [6.45, 7) is 0. The number of benzene rings is 2. The fourth-order valence-electron chi connectivity index (χ4n) is 2.35. The molecule has 0 fully saturated rings. The number of hydrogen-bond donors (Lipinski definition) is 2. The van der Waals surface area contributed by atoms with Crippen LogP contribution in [-0.2, 0) is 6.42 Å². The molecule has 106 valence electrons. The second-order valence-electron chi connectivity index (χ2n) is 4.83. The molecule has 5 heteroatoms. The van der Waals surface area contributed by atoms with Crippen molar-refractivity contribution >= 4 is 16.5 Å². The van der Waals surface area contributed by atoms with Crippen LogP contribution < -0.4 is 16.0 Å². The average molecular weight is 281 g/mol. The van der Waals surface area contributed by atoms with Crippen molar-refractivity contribution in [3.8, 4) is 5.75 Å². The SMILES string of the molecule is COc1cccc(Cc2n[nH]c(=O)c3cc(N)ccc23)c1. The van der Waals surface area contributed by atoms with Crippen molar-refractivity contribution < 1.29 is 4.74 Å². The molecule has 3 N–H and O–H groups in total. The van der Waals surface area contributed by atoms with E-state index >= 15 is 0 Å². The van der Waals surface area contributed by atoms with Crippen molar-refractivity contribution in [2.24, 2.45) is 0 Å². The van der Waals surface area contributed by atoms with E-state index in [9.17, 15) is 4.79 Å². The normalized spacial score (nSPS) is 10.7. The number of anilines is 1. The van der Waals surface area contributed by atoms with Crippen molar-refractivity contribution in [1.82, 2.24) is 10.2 Å². The van der Waals surface area contributed by atoms with Gasteiger partial charge in [0.2, 0.25) is 0 Å². The van der Waals surface area contributed by atoms with Crippen LogP contribution in [0.5, 0.6) is 5.75 Å². The number of methoxy groups -OCH3 is 1. The van der Waals surface area contributed by atoms with E-state index < -0.39 is 0 Å². The molecule has 3 rings (SSSR count). The van der Waals surface area contributed by atoms with Crippen LogP contribution in [0.2, 0.25) is 0 Å². The summed E-state index contributed by atoms with van der Waals surface area (Å²) in [5.74, 6) is 0.797. The molecule has 21 heavy (non-hydrogen) atoms. The smallest absolute Gasteiger partial charge is 0.272 e. The van der Waals surface area contributed by atoms with Crippen molar-refractivity contribution in [3.05, 3.63) is 64.1 Å². The molecule has 5 nitrogen and oxygen atoms in total. The van der Waals surface area contributed by atoms with Gasteiger partial charge in [0.05, 0.1) is 18.2 Å². The Bertz CT molecular complexity index is 856. The zero-order chi connectivity index (χ0) is 14.8. The third-order valence-electron chi connectivity index (χ3n) is 3.40. The molecule has 0 saturated carbocycles. The predicted octanol–water partition coefficient (Wildman–Crippen LogP) is 2.10. The van der Waals surface area contributed by atoms with Gasteiger partial charge in [0.25, 0.3) is 5.56 Å². The van der Waals surface area contributed by atoms with Gasteiger partial charge in [-0.1, -0.05) is 18.2 Å². The Morgan fingerprint density at radius 1 is 1.19 bits per heavy atom. The van der Waals surface area contributed by atoms with Gasteiger partial charge >= 0.3 is 0 Å². The van der Waals surface area contributed by atoms with E-state index in [0.717, 1.165) is 22.4 Å². The van der Waals surface area contributed by atoms with Gasteiger partial charge in [-0.05, 0) is 29.8 Å². The standard InChI is InChI=1S/C16H15N3O2/c1-21-12-4-2-3-10(7-12)8-15-13-6-5-11(17)9-14(13)16(20)19-18-15/h2-7,9H,8,17H2,1H3,(H,19,20). The van der Waals surface area contributed by atoms with Crippen molar-refractivity contribution in [3.63, 3.8) is 0 Å². The Kier molecular flexibility index (Phi) is 3.31. The molecule has 0 bridgehead atoms. The first kappa shape index (κ1) is 13.2. The Hall–Kier alpha value is -2.82. The van der Waals surface area contributed by atoms with Gasteiger partial charge < -0.3 is 10.5 Å². The molecule has 0 aliphatic carbocycles. The molecule has 1 aromatic heterocycles. The third-order valence-corrected chi connectivity index (χ3v) is 3.40. The van der Waals surface area contributed by atoms with E-state index in [1.165, 1.54) is 0 Å². The summed E-state index contributed by atoms with van der Waals surface area (Å²) in [5, 5.41) is 8.07. The summed E-state index contributed by atoms with van der Waals surface area (Å²) in [6.07, 6.45) is 0.606. The molecular formula is C16H15N3O2. The van der Waals surface area contributed by atoms with E-state index in [-0.39, 0.29) is 5.56 Å². The van der Waals surface area contributed by atoms with E-state index in [1.54, 1.807) is 19.2 Å². The third kappa shape index (κ3) is 2.58. The number of nitrogen functional groups attached to an aromatic ring is 1. The average Bonchev–Trinajstić information content (AvgIpc) is 2.50.